The van der Waals surface area contributed by atoms with E-state index in [4.69, 9.17) is 9.84 Å². The van der Waals surface area contributed by atoms with E-state index in [1.165, 1.54) is 6.07 Å². The summed E-state index contributed by atoms with van der Waals surface area (Å²) in [6.45, 7) is -0.0224. The van der Waals surface area contributed by atoms with Crippen LogP contribution in [-0.2, 0) is 13.2 Å². The molecule has 2 aromatic rings. The van der Waals surface area contributed by atoms with Crippen LogP contribution in [-0.4, -0.2) is 10.1 Å². The standard InChI is InChI=1S/C13H12FNO2/c14-12-6-2-1-4-10(12)9-17-13-7-3-5-11(8-16)15-13/h1-7,16H,8-9H2. The number of pyridine rings is 1. The molecule has 0 saturated heterocycles. The van der Waals surface area contributed by atoms with Crippen molar-refractivity contribution in [3.8, 4) is 5.88 Å². The van der Waals surface area contributed by atoms with E-state index in [0.717, 1.165) is 0 Å². The van der Waals surface area contributed by atoms with Gasteiger partial charge >= 0.3 is 0 Å². The van der Waals surface area contributed by atoms with E-state index in [0.29, 0.717) is 17.1 Å². The first-order valence-electron chi connectivity index (χ1n) is 5.22. The van der Waals surface area contributed by atoms with Gasteiger partial charge < -0.3 is 9.84 Å². The largest absolute Gasteiger partial charge is 0.473 e. The number of aliphatic hydroxyl groups is 1. The molecule has 0 unspecified atom stereocenters. The molecule has 1 heterocycles. The number of hydrogen-bond donors (Lipinski definition) is 1. The third-order valence-corrected chi connectivity index (χ3v) is 2.28. The van der Waals surface area contributed by atoms with Gasteiger partial charge in [-0.1, -0.05) is 24.3 Å². The second-order valence-electron chi connectivity index (χ2n) is 3.51. The summed E-state index contributed by atoms with van der Waals surface area (Å²) in [6, 6.07) is 11.5. The average molecular weight is 233 g/mol. The summed E-state index contributed by atoms with van der Waals surface area (Å²) >= 11 is 0. The van der Waals surface area contributed by atoms with Crippen molar-refractivity contribution in [3.63, 3.8) is 0 Å². The molecule has 1 aromatic heterocycles. The van der Waals surface area contributed by atoms with Gasteiger partial charge in [-0.2, -0.15) is 0 Å². The van der Waals surface area contributed by atoms with E-state index < -0.39 is 0 Å². The number of halogens is 1. The molecule has 0 bridgehead atoms. The van der Waals surface area contributed by atoms with E-state index in [2.05, 4.69) is 4.98 Å². The minimum absolute atomic E-state index is 0.120. The summed E-state index contributed by atoms with van der Waals surface area (Å²) in [5.41, 5.74) is 1.000. The van der Waals surface area contributed by atoms with Crippen LogP contribution in [0.4, 0.5) is 4.39 Å². The number of ether oxygens (including phenoxy) is 1. The number of aliphatic hydroxyl groups excluding tert-OH is 1. The molecule has 88 valence electrons. The molecule has 3 nitrogen and oxygen atoms in total. The summed E-state index contributed by atoms with van der Waals surface area (Å²) in [4.78, 5) is 4.04. The quantitative estimate of drug-likeness (QED) is 0.881. The third-order valence-electron chi connectivity index (χ3n) is 2.28. The van der Waals surface area contributed by atoms with Crippen LogP contribution in [0.25, 0.3) is 0 Å². The van der Waals surface area contributed by atoms with Crippen LogP contribution in [0.15, 0.2) is 42.5 Å². The first-order valence-corrected chi connectivity index (χ1v) is 5.22. The lowest BCUT2D eigenvalue weighted by atomic mass is 10.2. The zero-order valence-electron chi connectivity index (χ0n) is 9.14. The summed E-state index contributed by atoms with van der Waals surface area (Å²) in [5.74, 6) is 0.0746. The maximum atomic E-state index is 13.3. The first kappa shape index (κ1) is 11.5. The van der Waals surface area contributed by atoms with Crippen LogP contribution in [0.5, 0.6) is 5.88 Å². The van der Waals surface area contributed by atoms with Crippen LogP contribution in [0.1, 0.15) is 11.3 Å². The zero-order valence-corrected chi connectivity index (χ0v) is 9.14. The zero-order chi connectivity index (χ0) is 12.1. The van der Waals surface area contributed by atoms with Crippen molar-refractivity contribution < 1.29 is 14.2 Å². The highest BCUT2D eigenvalue weighted by Crippen LogP contribution is 2.12. The van der Waals surface area contributed by atoms with E-state index in [9.17, 15) is 4.39 Å². The molecule has 0 fully saturated rings. The molecule has 2 rings (SSSR count). The molecule has 0 amide bonds. The normalized spacial score (nSPS) is 10.2. The van der Waals surface area contributed by atoms with E-state index in [-0.39, 0.29) is 19.0 Å². The Kier molecular flexibility index (Phi) is 3.67. The van der Waals surface area contributed by atoms with Gasteiger partial charge in [0.25, 0.3) is 0 Å². The van der Waals surface area contributed by atoms with Gasteiger partial charge in [-0.05, 0) is 12.1 Å². The number of rotatable bonds is 4. The molecule has 0 aliphatic carbocycles. The molecule has 1 aromatic carbocycles. The number of aromatic nitrogens is 1. The van der Waals surface area contributed by atoms with Gasteiger partial charge in [0.15, 0.2) is 0 Å². The summed E-state index contributed by atoms with van der Waals surface area (Å²) < 4.78 is 18.7. The molecule has 0 spiro atoms. The molecule has 0 radical (unpaired) electrons. The fourth-order valence-electron chi connectivity index (χ4n) is 1.39. The van der Waals surface area contributed by atoms with Crippen LogP contribution in [0, 0.1) is 5.82 Å². The molecular formula is C13H12FNO2. The van der Waals surface area contributed by atoms with Crippen LogP contribution >= 0.6 is 0 Å². The van der Waals surface area contributed by atoms with Gasteiger partial charge in [-0.3, -0.25) is 0 Å². The Morgan fingerprint density at radius 1 is 1.12 bits per heavy atom. The number of hydrogen-bond acceptors (Lipinski definition) is 3. The van der Waals surface area contributed by atoms with Crippen LogP contribution in [0.2, 0.25) is 0 Å². The van der Waals surface area contributed by atoms with Gasteiger partial charge in [-0.15, -0.1) is 0 Å². The maximum absolute atomic E-state index is 13.3. The second kappa shape index (κ2) is 5.41. The van der Waals surface area contributed by atoms with Gasteiger partial charge in [0.1, 0.15) is 12.4 Å². The lowest BCUT2D eigenvalue weighted by Gasteiger charge is -2.06. The van der Waals surface area contributed by atoms with Crippen molar-refractivity contribution in [1.29, 1.82) is 0 Å². The van der Waals surface area contributed by atoms with Crippen LogP contribution < -0.4 is 4.74 Å². The molecule has 4 heteroatoms. The van der Waals surface area contributed by atoms with Gasteiger partial charge in [0.2, 0.25) is 5.88 Å². The maximum Gasteiger partial charge on any atom is 0.213 e. The fraction of sp³-hybridized carbons (Fsp3) is 0.154. The fourth-order valence-corrected chi connectivity index (χ4v) is 1.39. The molecule has 1 N–H and O–H groups in total. The van der Waals surface area contributed by atoms with Gasteiger partial charge in [-0.25, -0.2) is 9.37 Å². The Balaban J connectivity index is 2.05. The Morgan fingerprint density at radius 2 is 1.94 bits per heavy atom. The van der Waals surface area contributed by atoms with Crippen LogP contribution in [0.3, 0.4) is 0 Å². The minimum Gasteiger partial charge on any atom is -0.473 e. The predicted octanol–water partition coefficient (Wildman–Crippen LogP) is 2.29. The third kappa shape index (κ3) is 3.01. The lowest BCUT2D eigenvalue weighted by Crippen LogP contribution is -2.00. The van der Waals surface area contributed by atoms with Crippen molar-refractivity contribution >= 4 is 0 Å². The highest BCUT2D eigenvalue weighted by molar-refractivity contribution is 5.19. The summed E-state index contributed by atoms with van der Waals surface area (Å²) in [6.07, 6.45) is 0. The Morgan fingerprint density at radius 3 is 2.71 bits per heavy atom. The Bertz CT molecular complexity index is 502. The topological polar surface area (TPSA) is 42.4 Å². The smallest absolute Gasteiger partial charge is 0.213 e. The summed E-state index contributed by atoms with van der Waals surface area (Å²) in [5, 5.41) is 8.91. The Labute approximate surface area is 98.5 Å². The molecule has 0 aliphatic heterocycles. The van der Waals surface area contributed by atoms with Crippen molar-refractivity contribution in [3.05, 3.63) is 59.5 Å². The molecule has 0 aliphatic rings. The van der Waals surface area contributed by atoms with E-state index in [1.54, 1.807) is 36.4 Å². The van der Waals surface area contributed by atoms with Crippen molar-refractivity contribution in [1.82, 2.24) is 4.98 Å². The molecule has 0 saturated carbocycles. The highest BCUT2D eigenvalue weighted by Gasteiger charge is 2.02. The lowest BCUT2D eigenvalue weighted by molar-refractivity contribution is 0.264. The minimum atomic E-state index is -0.300. The summed E-state index contributed by atoms with van der Waals surface area (Å²) in [7, 11) is 0. The molecule has 17 heavy (non-hydrogen) atoms. The van der Waals surface area contributed by atoms with Gasteiger partial charge in [0, 0.05) is 11.6 Å². The Hall–Kier alpha value is -1.94. The molecule has 0 atom stereocenters. The predicted molar refractivity (Wildman–Crippen MR) is 60.9 cm³/mol. The first-order chi connectivity index (χ1) is 8.29. The van der Waals surface area contributed by atoms with Crippen molar-refractivity contribution in [2.24, 2.45) is 0 Å². The SMILES string of the molecule is OCc1cccc(OCc2ccccc2F)n1. The van der Waals surface area contributed by atoms with Crippen molar-refractivity contribution in [2.75, 3.05) is 0 Å². The number of benzene rings is 1. The highest BCUT2D eigenvalue weighted by atomic mass is 19.1. The second-order valence-corrected chi connectivity index (χ2v) is 3.51. The number of nitrogens with zero attached hydrogens (tertiary/aromatic N) is 1. The average Bonchev–Trinajstić information content (AvgIpc) is 2.38. The molecular weight excluding hydrogens is 221 g/mol. The van der Waals surface area contributed by atoms with Gasteiger partial charge in [0.05, 0.1) is 12.3 Å². The van der Waals surface area contributed by atoms with E-state index >= 15 is 0 Å². The van der Waals surface area contributed by atoms with E-state index in [1.807, 2.05) is 0 Å². The monoisotopic (exact) mass is 233 g/mol. The van der Waals surface area contributed by atoms with Crippen molar-refractivity contribution in [2.45, 2.75) is 13.2 Å².